The summed E-state index contributed by atoms with van der Waals surface area (Å²) in [5.74, 6) is -1.15. The van der Waals surface area contributed by atoms with Gasteiger partial charge in [-0.15, -0.1) is 11.3 Å². The molecule has 1 N–H and O–H groups in total. The zero-order valence-electron chi connectivity index (χ0n) is 12.2. The second-order valence-corrected chi connectivity index (χ2v) is 6.04. The number of nitro benzene ring substituents is 1. The number of nitrogens with one attached hydrogen (secondary N) is 1. The third-order valence-corrected chi connectivity index (χ3v) is 4.64. The molecule has 7 nitrogen and oxygen atoms in total. The molecule has 1 atom stereocenters. The fourth-order valence-corrected chi connectivity index (χ4v) is 3.44. The molecule has 122 valence electrons. The summed E-state index contributed by atoms with van der Waals surface area (Å²) in [6.45, 7) is 0.439. The number of benzene rings is 1. The summed E-state index contributed by atoms with van der Waals surface area (Å²) in [5, 5.41) is 25.1. The predicted molar refractivity (Wildman–Crippen MR) is 86.5 cm³/mol. The number of carbonyl (C=O) groups excluding carboxylic acids is 1. The molecule has 1 aliphatic rings. The summed E-state index contributed by atoms with van der Waals surface area (Å²) in [5.41, 5.74) is 0.0914. The van der Waals surface area contributed by atoms with Gasteiger partial charge in [-0.05, 0) is 30.0 Å². The lowest BCUT2D eigenvalue weighted by atomic mass is 10.2. The monoisotopic (exact) mass is 346 g/mol. The van der Waals surface area contributed by atoms with Gasteiger partial charge in [0.2, 0.25) is 11.7 Å². The lowest BCUT2D eigenvalue weighted by molar-refractivity contribution is -0.387. The number of anilines is 2. The fourth-order valence-electron chi connectivity index (χ4n) is 2.55. The summed E-state index contributed by atoms with van der Waals surface area (Å²) in [6, 6.07) is 6.52. The molecular weight excluding hydrogens is 335 g/mol. The fraction of sp³-hybridized carbons (Fsp3) is 0.200. The Kier molecular flexibility index (Phi) is 4.14. The van der Waals surface area contributed by atoms with Gasteiger partial charge < -0.3 is 10.2 Å². The second kappa shape index (κ2) is 6.25. The van der Waals surface area contributed by atoms with Crippen molar-refractivity contribution in [3.8, 4) is 6.07 Å². The number of nitrogens with zero attached hydrogens (tertiary/aromatic N) is 3. The van der Waals surface area contributed by atoms with Crippen molar-refractivity contribution in [3.05, 3.63) is 51.1 Å². The molecule has 0 radical (unpaired) electrons. The van der Waals surface area contributed by atoms with E-state index in [1.54, 1.807) is 11.4 Å². The molecule has 2 heterocycles. The number of thiophene rings is 1. The van der Waals surface area contributed by atoms with Crippen LogP contribution in [0.3, 0.4) is 0 Å². The van der Waals surface area contributed by atoms with Crippen molar-refractivity contribution in [3.63, 3.8) is 0 Å². The van der Waals surface area contributed by atoms with Crippen LogP contribution in [0.15, 0.2) is 29.6 Å². The van der Waals surface area contributed by atoms with Gasteiger partial charge >= 0.3 is 5.69 Å². The van der Waals surface area contributed by atoms with Crippen LogP contribution >= 0.6 is 11.3 Å². The van der Waals surface area contributed by atoms with Crippen molar-refractivity contribution in [1.82, 2.24) is 0 Å². The molecule has 2 aromatic rings. The van der Waals surface area contributed by atoms with E-state index in [4.69, 9.17) is 5.26 Å². The summed E-state index contributed by atoms with van der Waals surface area (Å²) in [6.07, 6.45) is 0.479. The van der Waals surface area contributed by atoms with Crippen LogP contribution in [0.1, 0.15) is 12.0 Å². The zero-order valence-corrected chi connectivity index (χ0v) is 13.0. The summed E-state index contributed by atoms with van der Waals surface area (Å²) >= 11 is 1.31. The Morgan fingerprint density at radius 1 is 1.46 bits per heavy atom. The maximum Gasteiger partial charge on any atom is 0.306 e. The van der Waals surface area contributed by atoms with E-state index in [2.05, 4.69) is 5.32 Å². The molecule has 0 unspecified atom stereocenters. The number of hydrogen-bond acceptors (Lipinski definition) is 6. The zero-order chi connectivity index (χ0) is 17.3. The Bertz CT molecular complexity index is 861. The van der Waals surface area contributed by atoms with Crippen molar-refractivity contribution >= 4 is 33.6 Å². The second-order valence-electron chi connectivity index (χ2n) is 5.15. The van der Waals surface area contributed by atoms with Crippen molar-refractivity contribution in [1.29, 1.82) is 5.26 Å². The van der Waals surface area contributed by atoms with Crippen molar-refractivity contribution in [2.24, 2.45) is 0 Å². The molecule has 1 saturated heterocycles. The van der Waals surface area contributed by atoms with E-state index < -0.39 is 22.5 Å². The number of halogens is 1. The molecule has 0 saturated carbocycles. The first-order valence-electron chi connectivity index (χ1n) is 7.00. The molecule has 3 rings (SSSR count). The highest BCUT2D eigenvalue weighted by Gasteiger charge is 2.34. The molecule has 0 bridgehead atoms. The summed E-state index contributed by atoms with van der Waals surface area (Å²) < 4.78 is 13.4. The van der Waals surface area contributed by atoms with Gasteiger partial charge in [0.15, 0.2) is 0 Å². The number of amides is 1. The van der Waals surface area contributed by atoms with Crippen LogP contribution in [0, 0.1) is 27.3 Å². The summed E-state index contributed by atoms with van der Waals surface area (Å²) in [4.78, 5) is 24.0. The standard InChI is InChI=1S/C15H11FN4O3S/c16-11-2-1-10(7-13(11)20(22)23)18-12-3-5-19(14(12)21)15-9(8-17)4-6-24-15/h1-2,4,6-7,12,18H,3,5H2/t12-/m1/s1. The molecule has 1 amide bonds. The van der Waals surface area contributed by atoms with Crippen LogP contribution in [0.5, 0.6) is 0 Å². The molecule has 1 aromatic carbocycles. The molecule has 1 aromatic heterocycles. The average Bonchev–Trinajstić information content (AvgIpc) is 3.16. The van der Waals surface area contributed by atoms with Crippen molar-refractivity contribution < 1.29 is 14.1 Å². The van der Waals surface area contributed by atoms with Crippen molar-refractivity contribution in [2.45, 2.75) is 12.5 Å². The summed E-state index contributed by atoms with van der Waals surface area (Å²) in [7, 11) is 0. The SMILES string of the molecule is N#Cc1ccsc1N1CC[C@@H](Nc2ccc(F)c([N+](=O)[O-])c2)C1=O. The van der Waals surface area contributed by atoms with Gasteiger partial charge in [0.05, 0.1) is 10.5 Å². The van der Waals surface area contributed by atoms with Crippen LogP contribution in [0.2, 0.25) is 0 Å². The first-order chi connectivity index (χ1) is 11.5. The molecule has 0 aliphatic carbocycles. The van der Waals surface area contributed by atoms with Crippen LogP contribution in [-0.2, 0) is 4.79 Å². The van der Waals surface area contributed by atoms with E-state index in [-0.39, 0.29) is 5.91 Å². The van der Waals surface area contributed by atoms with Crippen LogP contribution in [0.25, 0.3) is 0 Å². The highest BCUT2D eigenvalue weighted by atomic mass is 32.1. The van der Waals surface area contributed by atoms with Gasteiger partial charge in [-0.25, -0.2) is 0 Å². The largest absolute Gasteiger partial charge is 0.373 e. The third-order valence-electron chi connectivity index (χ3n) is 3.70. The maximum atomic E-state index is 13.4. The van der Waals surface area contributed by atoms with Crippen LogP contribution in [-0.4, -0.2) is 23.4 Å². The number of nitriles is 1. The molecule has 9 heteroatoms. The van der Waals surface area contributed by atoms with Gasteiger partial charge in [0.25, 0.3) is 0 Å². The van der Waals surface area contributed by atoms with Crippen molar-refractivity contribution in [2.75, 3.05) is 16.8 Å². The van der Waals surface area contributed by atoms with Crippen LogP contribution < -0.4 is 10.2 Å². The number of rotatable bonds is 4. The van der Waals surface area contributed by atoms with Gasteiger partial charge in [0.1, 0.15) is 17.1 Å². The predicted octanol–water partition coefficient (Wildman–Crippen LogP) is 2.88. The molecule has 24 heavy (non-hydrogen) atoms. The Morgan fingerprint density at radius 3 is 2.96 bits per heavy atom. The normalized spacial score (nSPS) is 16.9. The van der Waals surface area contributed by atoms with E-state index >= 15 is 0 Å². The van der Waals surface area contributed by atoms with E-state index in [1.165, 1.54) is 22.3 Å². The minimum absolute atomic E-state index is 0.221. The minimum Gasteiger partial charge on any atom is -0.373 e. The van der Waals surface area contributed by atoms with Gasteiger partial charge in [-0.1, -0.05) is 0 Å². The Balaban J connectivity index is 1.78. The molecule has 1 aliphatic heterocycles. The average molecular weight is 346 g/mol. The van der Waals surface area contributed by atoms with Gasteiger partial charge in [-0.3, -0.25) is 14.9 Å². The first kappa shape index (κ1) is 15.9. The Labute approximate surface area is 140 Å². The topological polar surface area (TPSA) is 99.3 Å². The minimum atomic E-state index is -0.929. The molecule has 0 spiro atoms. The highest BCUT2D eigenvalue weighted by molar-refractivity contribution is 7.14. The number of hydrogen-bond donors (Lipinski definition) is 1. The van der Waals surface area contributed by atoms with E-state index in [9.17, 15) is 19.3 Å². The number of nitro groups is 1. The quantitative estimate of drug-likeness (QED) is 0.678. The Morgan fingerprint density at radius 2 is 2.25 bits per heavy atom. The van der Waals surface area contributed by atoms with E-state index in [1.807, 2.05) is 6.07 Å². The van der Waals surface area contributed by atoms with E-state index in [0.29, 0.717) is 29.2 Å². The lowest BCUT2D eigenvalue weighted by Crippen LogP contribution is -2.33. The highest BCUT2D eigenvalue weighted by Crippen LogP contribution is 2.32. The molecular formula is C15H11FN4O3S. The van der Waals surface area contributed by atoms with E-state index in [0.717, 1.165) is 12.1 Å². The maximum absolute atomic E-state index is 13.4. The smallest absolute Gasteiger partial charge is 0.306 e. The third kappa shape index (κ3) is 2.79. The first-order valence-corrected chi connectivity index (χ1v) is 7.88. The van der Waals surface area contributed by atoms with Gasteiger partial charge in [0, 0.05) is 18.3 Å². The Hall–Kier alpha value is -2.99. The number of carbonyl (C=O) groups is 1. The van der Waals surface area contributed by atoms with Crippen LogP contribution in [0.4, 0.5) is 20.8 Å². The lowest BCUT2D eigenvalue weighted by Gasteiger charge is -2.16. The van der Waals surface area contributed by atoms with Gasteiger partial charge in [-0.2, -0.15) is 9.65 Å². The molecule has 1 fully saturated rings.